The van der Waals surface area contributed by atoms with Gasteiger partial charge in [0.1, 0.15) is 0 Å². The number of carbonyl (C=O) groups is 1. The van der Waals surface area contributed by atoms with Crippen LogP contribution in [0.5, 0.6) is 0 Å². The first-order valence-corrected chi connectivity index (χ1v) is 8.51. The highest BCUT2D eigenvalue weighted by Gasteiger charge is 2.32. The summed E-state index contributed by atoms with van der Waals surface area (Å²) >= 11 is 1.66. The van der Waals surface area contributed by atoms with E-state index in [1.165, 1.54) is 16.0 Å². The van der Waals surface area contributed by atoms with Crippen LogP contribution in [0, 0.1) is 6.92 Å². The molecule has 0 bridgehead atoms. The second-order valence-electron chi connectivity index (χ2n) is 5.86. The summed E-state index contributed by atoms with van der Waals surface area (Å²) in [6.07, 6.45) is 1.91. The molecule has 1 aliphatic rings. The number of rotatable bonds is 4. The van der Waals surface area contributed by atoms with Crippen LogP contribution in [0.25, 0.3) is 10.4 Å². The predicted molar refractivity (Wildman–Crippen MR) is 89.6 cm³/mol. The van der Waals surface area contributed by atoms with Crippen molar-refractivity contribution in [3.05, 3.63) is 41.0 Å². The molecule has 1 aromatic heterocycles. The van der Waals surface area contributed by atoms with E-state index in [-0.39, 0.29) is 18.0 Å². The lowest BCUT2D eigenvalue weighted by molar-refractivity contribution is -0.122. The summed E-state index contributed by atoms with van der Waals surface area (Å²) < 4.78 is 0. The molecule has 22 heavy (non-hydrogen) atoms. The Hall–Kier alpha value is -1.72. The molecule has 2 aromatic rings. The number of benzene rings is 1. The summed E-state index contributed by atoms with van der Waals surface area (Å²) in [6.45, 7) is 5.11. The number of amides is 1. The minimum atomic E-state index is -0.207. The normalized spacial score (nSPS) is 20.2. The first-order valence-electron chi connectivity index (χ1n) is 7.63. The molecule has 116 valence electrons. The fourth-order valence-corrected chi connectivity index (χ4v) is 4.05. The second-order valence-corrected chi connectivity index (χ2v) is 6.72. The molecule has 2 atom stereocenters. The summed E-state index contributed by atoms with van der Waals surface area (Å²) in [4.78, 5) is 19.3. The fraction of sp³-hybridized carbons (Fsp3) is 0.412. The molecule has 3 rings (SSSR count). The highest BCUT2D eigenvalue weighted by Crippen LogP contribution is 2.32. The lowest BCUT2D eigenvalue weighted by atomic mass is 10.0. The van der Waals surface area contributed by atoms with E-state index in [1.54, 1.807) is 11.3 Å². The average molecular weight is 315 g/mol. The maximum atomic E-state index is 11.6. The van der Waals surface area contributed by atoms with Gasteiger partial charge in [0.2, 0.25) is 5.91 Å². The number of aromatic nitrogens is 1. The van der Waals surface area contributed by atoms with Gasteiger partial charge in [-0.25, -0.2) is 4.98 Å². The summed E-state index contributed by atoms with van der Waals surface area (Å²) in [6, 6.07) is 8.66. The molecule has 1 aromatic carbocycles. The third-order valence-electron chi connectivity index (χ3n) is 4.52. The van der Waals surface area contributed by atoms with Crippen molar-refractivity contribution in [1.82, 2.24) is 9.88 Å². The zero-order chi connectivity index (χ0) is 15.7. The van der Waals surface area contributed by atoms with E-state index in [4.69, 9.17) is 5.73 Å². The van der Waals surface area contributed by atoms with Gasteiger partial charge in [0.25, 0.3) is 0 Å². The van der Waals surface area contributed by atoms with Crippen molar-refractivity contribution in [1.29, 1.82) is 0 Å². The summed E-state index contributed by atoms with van der Waals surface area (Å²) in [5, 5.41) is 0. The molecule has 1 fully saturated rings. The first kappa shape index (κ1) is 15.2. The number of aryl methyl sites for hydroxylation is 1. The zero-order valence-electron chi connectivity index (χ0n) is 13.0. The van der Waals surface area contributed by atoms with Gasteiger partial charge in [0.05, 0.1) is 22.1 Å². The van der Waals surface area contributed by atoms with Crippen molar-refractivity contribution in [3.8, 4) is 10.4 Å². The highest BCUT2D eigenvalue weighted by molar-refractivity contribution is 7.13. The number of primary amides is 1. The fourth-order valence-electron chi connectivity index (χ4n) is 3.24. The van der Waals surface area contributed by atoms with E-state index in [9.17, 15) is 4.79 Å². The Balaban J connectivity index is 1.81. The number of thiazole rings is 1. The van der Waals surface area contributed by atoms with Crippen LogP contribution in [0.4, 0.5) is 0 Å². The highest BCUT2D eigenvalue weighted by atomic mass is 32.1. The molecule has 1 unspecified atom stereocenters. The van der Waals surface area contributed by atoms with Gasteiger partial charge in [-0.2, -0.15) is 0 Å². The van der Waals surface area contributed by atoms with Crippen molar-refractivity contribution < 1.29 is 4.79 Å². The van der Waals surface area contributed by atoms with Gasteiger partial charge in [-0.1, -0.05) is 24.3 Å². The number of likely N-dealkylation sites (tertiary alicyclic amines) is 1. The Morgan fingerprint density at radius 3 is 2.73 bits per heavy atom. The van der Waals surface area contributed by atoms with Crippen molar-refractivity contribution >= 4 is 17.2 Å². The number of hydrogen-bond acceptors (Lipinski definition) is 4. The molecule has 0 saturated carbocycles. The van der Waals surface area contributed by atoms with Crippen molar-refractivity contribution in [2.24, 2.45) is 5.73 Å². The molecule has 4 nitrogen and oxygen atoms in total. The van der Waals surface area contributed by atoms with E-state index < -0.39 is 0 Å². The predicted octanol–water partition coefficient (Wildman–Crippen LogP) is 3.13. The Bertz CT molecular complexity index is 665. The average Bonchev–Trinajstić information content (AvgIpc) is 3.15. The van der Waals surface area contributed by atoms with E-state index in [0.29, 0.717) is 0 Å². The minimum absolute atomic E-state index is 0.126. The molecule has 2 N–H and O–H groups in total. The van der Waals surface area contributed by atoms with Crippen molar-refractivity contribution in [3.63, 3.8) is 0 Å². The molecular weight excluding hydrogens is 294 g/mol. The lowest BCUT2D eigenvalue weighted by Gasteiger charge is -2.29. The maximum absolute atomic E-state index is 11.6. The molecule has 1 saturated heterocycles. The van der Waals surface area contributed by atoms with E-state index in [1.807, 2.05) is 12.4 Å². The molecule has 2 heterocycles. The monoisotopic (exact) mass is 315 g/mol. The topological polar surface area (TPSA) is 59.2 Å². The first-order chi connectivity index (χ1) is 10.6. The Labute approximate surface area is 135 Å². The summed E-state index contributed by atoms with van der Waals surface area (Å²) in [5.41, 5.74) is 10.9. The van der Waals surface area contributed by atoms with Gasteiger partial charge in [-0.05, 0) is 44.4 Å². The number of carbonyl (C=O) groups excluding carboxylic acids is 1. The van der Waals surface area contributed by atoms with Crippen LogP contribution in [-0.4, -0.2) is 28.4 Å². The Morgan fingerprint density at radius 1 is 1.41 bits per heavy atom. The van der Waals surface area contributed by atoms with Gasteiger partial charge in [-0.15, -0.1) is 11.3 Å². The lowest BCUT2D eigenvalue weighted by Crippen LogP contribution is -2.41. The van der Waals surface area contributed by atoms with Crippen LogP contribution in [-0.2, 0) is 4.79 Å². The van der Waals surface area contributed by atoms with Crippen LogP contribution < -0.4 is 5.73 Å². The SMILES string of the molecule is Cc1ncsc1-c1ccc([C@@H](C)N2CCCC2C(N)=O)cc1. The number of nitrogens with zero attached hydrogens (tertiary/aromatic N) is 2. The molecule has 0 aliphatic carbocycles. The zero-order valence-corrected chi connectivity index (χ0v) is 13.8. The van der Waals surface area contributed by atoms with E-state index >= 15 is 0 Å². The van der Waals surface area contributed by atoms with Gasteiger partial charge >= 0.3 is 0 Å². The Morgan fingerprint density at radius 2 is 2.14 bits per heavy atom. The third-order valence-corrected chi connectivity index (χ3v) is 5.50. The number of hydrogen-bond donors (Lipinski definition) is 1. The van der Waals surface area contributed by atoms with Gasteiger partial charge in [0.15, 0.2) is 0 Å². The molecule has 0 spiro atoms. The standard InChI is InChI=1S/C17H21N3OS/c1-11-16(22-10-19-11)14-7-5-13(6-8-14)12(2)20-9-3-4-15(20)17(18)21/h5-8,10,12,15H,3-4,9H2,1-2H3,(H2,18,21)/t12-,15?/m1/s1. The smallest absolute Gasteiger partial charge is 0.234 e. The van der Waals surface area contributed by atoms with Crippen LogP contribution >= 0.6 is 11.3 Å². The molecule has 5 heteroatoms. The summed E-state index contributed by atoms with van der Waals surface area (Å²) in [7, 11) is 0. The molecule has 0 radical (unpaired) electrons. The molecular formula is C17H21N3OS. The van der Waals surface area contributed by atoms with Gasteiger partial charge in [-0.3, -0.25) is 9.69 Å². The number of nitrogens with two attached hydrogens (primary N) is 1. The maximum Gasteiger partial charge on any atom is 0.234 e. The largest absolute Gasteiger partial charge is 0.368 e. The second kappa shape index (κ2) is 6.18. The molecule has 1 aliphatic heterocycles. The van der Waals surface area contributed by atoms with Crippen LogP contribution in [0.2, 0.25) is 0 Å². The van der Waals surface area contributed by atoms with Gasteiger partial charge in [0, 0.05) is 6.04 Å². The quantitative estimate of drug-likeness (QED) is 0.943. The van der Waals surface area contributed by atoms with Crippen LogP contribution in [0.3, 0.4) is 0 Å². The van der Waals surface area contributed by atoms with E-state index in [0.717, 1.165) is 25.1 Å². The van der Waals surface area contributed by atoms with Crippen LogP contribution in [0.15, 0.2) is 29.8 Å². The van der Waals surface area contributed by atoms with Gasteiger partial charge < -0.3 is 5.73 Å². The summed E-state index contributed by atoms with van der Waals surface area (Å²) in [5.74, 6) is -0.207. The minimum Gasteiger partial charge on any atom is -0.368 e. The third kappa shape index (κ3) is 2.78. The van der Waals surface area contributed by atoms with Crippen molar-refractivity contribution in [2.75, 3.05) is 6.54 Å². The Kier molecular flexibility index (Phi) is 4.27. The van der Waals surface area contributed by atoms with Crippen LogP contribution in [0.1, 0.15) is 37.1 Å². The van der Waals surface area contributed by atoms with Crippen molar-refractivity contribution in [2.45, 2.75) is 38.8 Å². The van der Waals surface area contributed by atoms with E-state index in [2.05, 4.69) is 41.1 Å². The molecule has 1 amide bonds.